The molecular weight excluding hydrogens is 590 g/mol. The van der Waals surface area contributed by atoms with Crippen molar-refractivity contribution in [1.82, 2.24) is 24.8 Å². The summed E-state index contributed by atoms with van der Waals surface area (Å²) in [6.45, 7) is 2.18. The van der Waals surface area contributed by atoms with Crippen LogP contribution in [0.15, 0.2) is 24.5 Å². The largest absolute Gasteiger partial charge is 0.367 e. The Morgan fingerprint density at radius 3 is 2.37 bits per heavy atom. The third-order valence-corrected chi connectivity index (χ3v) is 7.89. The van der Waals surface area contributed by atoms with E-state index in [1.54, 1.807) is 0 Å². The van der Waals surface area contributed by atoms with Gasteiger partial charge in [0.05, 0.1) is 16.4 Å². The summed E-state index contributed by atoms with van der Waals surface area (Å²) in [6.07, 6.45) is 11.0. The number of aromatic nitrogens is 4. The average molecular weight is 627 g/mol. The molecule has 38 heavy (non-hydrogen) atoms. The maximum Gasteiger partial charge on any atom is 0.227 e. The molecule has 2 aromatic heterocycles. The van der Waals surface area contributed by atoms with Gasteiger partial charge in [-0.1, -0.05) is 42.1 Å². The van der Waals surface area contributed by atoms with Crippen molar-refractivity contribution in [2.45, 2.75) is 76.0 Å². The van der Waals surface area contributed by atoms with Crippen LogP contribution in [0.1, 0.15) is 63.0 Å². The molecule has 0 spiro atoms. The van der Waals surface area contributed by atoms with Crippen LogP contribution in [0.4, 0.5) is 11.8 Å². The van der Waals surface area contributed by atoms with Gasteiger partial charge in [0.1, 0.15) is 0 Å². The summed E-state index contributed by atoms with van der Waals surface area (Å²) in [5.41, 5.74) is 8.93. The van der Waals surface area contributed by atoms with Crippen molar-refractivity contribution in [2.24, 2.45) is 5.73 Å². The number of hydrogen-bond acceptors (Lipinski definition) is 7. The third kappa shape index (κ3) is 8.13. The van der Waals surface area contributed by atoms with Crippen LogP contribution in [0.5, 0.6) is 0 Å². The van der Waals surface area contributed by atoms with Gasteiger partial charge in [0.25, 0.3) is 0 Å². The number of imidazole rings is 1. The first kappa shape index (κ1) is 32.9. The highest BCUT2D eigenvalue weighted by Gasteiger charge is 2.23. The summed E-state index contributed by atoms with van der Waals surface area (Å²) in [6, 6.07) is 6.84. The Kier molecular flexibility index (Phi) is 13.4. The van der Waals surface area contributed by atoms with Gasteiger partial charge < -0.3 is 26.3 Å². The zero-order chi connectivity index (χ0) is 24.2. The van der Waals surface area contributed by atoms with E-state index in [2.05, 4.69) is 20.5 Å². The predicted octanol–water partition coefficient (Wildman–Crippen LogP) is 6.40. The molecule has 0 amide bonds. The second kappa shape index (κ2) is 15.5. The molecule has 1 aromatic carbocycles. The zero-order valence-electron chi connectivity index (χ0n) is 21.2. The maximum absolute atomic E-state index is 6.12. The quantitative estimate of drug-likeness (QED) is 0.204. The van der Waals surface area contributed by atoms with Gasteiger partial charge in [-0.05, 0) is 56.2 Å². The molecule has 2 saturated carbocycles. The third-order valence-electron chi connectivity index (χ3n) is 7.15. The number of benzene rings is 1. The van der Waals surface area contributed by atoms with Crippen LogP contribution in [0.3, 0.4) is 0 Å². The van der Waals surface area contributed by atoms with E-state index in [0.717, 1.165) is 54.8 Å². The van der Waals surface area contributed by atoms with Crippen LogP contribution >= 0.6 is 60.4 Å². The molecule has 0 radical (unpaired) electrons. The summed E-state index contributed by atoms with van der Waals surface area (Å²) < 4.78 is 2.25. The van der Waals surface area contributed by atoms with Gasteiger partial charge in [-0.15, -0.1) is 37.2 Å². The van der Waals surface area contributed by atoms with E-state index < -0.39 is 0 Å². The number of rotatable bonds is 9. The van der Waals surface area contributed by atoms with E-state index in [-0.39, 0.29) is 37.2 Å². The molecule has 2 heterocycles. The Labute approximate surface area is 252 Å². The molecule has 2 fully saturated rings. The Morgan fingerprint density at radius 1 is 0.921 bits per heavy atom. The molecule has 13 heteroatoms. The first-order valence-electron chi connectivity index (χ1n) is 12.7. The molecular formula is C25H37Cl5N8. The van der Waals surface area contributed by atoms with Crippen molar-refractivity contribution < 1.29 is 0 Å². The second-order valence-corrected chi connectivity index (χ2v) is 10.6. The lowest BCUT2D eigenvalue weighted by molar-refractivity contribution is 0.410. The molecule has 0 saturated heterocycles. The Morgan fingerprint density at radius 2 is 1.66 bits per heavy atom. The van der Waals surface area contributed by atoms with E-state index in [1.807, 2.05) is 24.5 Å². The molecule has 0 aliphatic heterocycles. The van der Waals surface area contributed by atoms with Crippen molar-refractivity contribution in [3.8, 4) is 0 Å². The van der Waals surface area contributed by atoms with Gasteiger partial charge in [0.15, 0.2) is 17.0 Å². The summed E-state index contributed by atoms with van der Waals surface area (Å²) in [5, 5.41) is 11.6. The minimum Gasteiger partial charge on any atom is -0.367 e. The van der Waals surface area contributed by atoms with Crippen LogP contribution in [0, 0.1) is 0 Å². The lowest BCUT2D eigenvalue weighted by atomic mass is 9.92. The lowest BCUT2D eigenvalue weighted by Gasteiger charge is -2.27. The van der Waals surface area contributed by atoms with Crippen molar-refractivity contribution in [3.05, 3.63) is 40.1 Å². The van der Waals surface area contributed by atoms with Gasteiger partial charge in [-0.25, -0.2) is 4.98 Å². The van der Waals surface area contributed by atoms with Gasteiger partial charge in [-0.2, -0.15) is 9.97 Å². The molecule has 2 aliphatic carbocycles. The molecule has 8 nitrogen and oxygen atoms in total. The van der Waals surface area contributed by atoms with Crippen LogP contribution in [0.25, 0.3) is 11.2 Å². The van der Waals surface area contributed by atoms with Crippen molar-refractivity contribution >= 4 is 83.4 Å². The zero-order valence-corrected chi connectivity index (χ0v) is 25.1. The van der Waals surface area contributed by atoms with Crippen LogP contribution in [-0.2, 0) is 6.54 Å². The Balaban J connectivity index is 0.00000169. The number of anilines is 2. The second-order valence-electron chi connectivity index (χ2n) is 9.77. The predicted molar refractivity (Wildman–Crippen MR) is 165 cm³/mol. The Bertz CT molecular complexity index is 1150. The lowest BCUT2D eigenvalue weighted by Crippen LogP contribution is -2.33. The Hall–Kier alpha value is -1.26. The van der Waals surface area contributed by atoms with E-state index in [9.17, 15) is 0 Å². The number of fused-ring (bicyclic) bond motifs is 1. The highest BCUT2D eigenvalue weighted by atomic mass is 35.5. The average Bonchev–Trinajstić information content (AvgIpc) is 3.52. The maximum atomic E-state index is 6.12. The summed E-state index contributed by atoms with van der Waals surface area (Å²) in [4.78, 5) is 14.5. The molecule has 0 unspecified atom stereocenters. The van der Waals surface area contributed by atoms with E-state index in [4.69, 9.17) is 43.9 Å². The minimum atomic E-state index is 0. The SMILES string of the molecule is Cl.Cl.Cl.NC1CCC(Nc2nc(NCCNCc3ccc(Cl)c(Cl)c3)c3ncn(C4CCCC4)c3n2)CC1. The normalized spacial score (nSPS) is 19.3. The number of nitrogens with one attached hydrogen (secondary N) is 3. The molecule has 0 atom stereocenters. The highest BCUT2D eigenvalue weighted by molar-refractivity contribution is 6.42. The van der Waals surface area contributed by atoms with Crippen molar-refractivity contribution in [1.29, 1.82) is 0 Å². The first-order valence-corrected chi connectivity index (χ1v) is 13.5. The van der Waals surface area contributed by atoms with E-state index in [1.165, 1.54) is 25.7 Å². The van der Waals surface area contributed by atoms with Crippen LogP contribution < -0.4 is 21.7 Å². The molecule has 3 aromatic rings. The molecule has 5 rings (SSSR count). The fourth-order valence-electron chi connectivity index (χ4n) is 5.15. The van der Waals surface area contributed by atoms with E-state index >= 15 is 0 Å². The summed E-state index contributed by atoms with van der Waals surface area (Å²) in [7, 11) is 0. The number of nitrogens with two attached hydrogens (primary N) is 1. The van der Waals surface area contributed by atoms with Crippen LogP contribution in [-0.4, -0.2) is 44.7 Å². The van der Waals surface area contributed by atoms with Gasteiger partial charge >= 0.3 is 0 Å². The standard InChI is InChI=1S/C25H34Cl2N8.3ClH/c26-20-10-5-16(13-21(20)27)14-29-11-12-30-23-22-24(35(15-31-22)19-3-1-2-4-19)34-25(33-23)32-18-8-6-17(28)7-9-18;;;/h5,10,13,15,17-19,29H,1-4,6-9,11-12,14,28H2,(H2,30,32,33,34);3*1H. The highest BCUT2D eigenvalue weighted by Crippen LogP contribution is 2.33. The minimum absolute atomic E-state index is 0. The van der Waals surface area contributed by atoms with Gasteiger partial charge in [0.2, 0.25) is 5.95 Å². The first-order chi connectivity index (χ1) is 17.1. The van der Waals surface area contributed by atoms with Crippen LogP contribution in [0.2, 0.25) is 10.0 Å². The number of halogens is 5. The molecule has 212 valence electrons. The topological polar surface area (TPSA) is 106 Å². The van der Waals surface area contributed by atoms with Crippen molar-refractivity contribution in [2.75, 3.05) is 23.7 Å². The molecule has 0 bridgehead atoms. The number of hydrogen-bond donors (Lipinski definition) is 4. The smallest absolute Gasteiger partial charge is 0.227 e. The van der Waals surface area contributed by atoms with Gasteiger partial charge in [0, 0.05) is 37.8 Å². The van der Waals surface area contributed by atoms with Crippen molar-refractivity contribution in [3.63, 3.8) is 0 Å². The summed E-state index contributed by atoms with van der Waals surface area (Å²) >= 11 is 12.1. The molecule has 2 aliphatic rings. The fourth-order valence-corrected chi connectivity index (χ4v) is 5.47. The van der Waals surface area contributed by atoms with Gasteiger partial charge in [-0.3, -0.25) is 0 Å². The van der Waals surface area contributed by atoms with E-state index in [0.29, 0.717) is 47.2 Å². The summed E-state index contributed by atoms with van der Waals surface area (Å²) in [5.74, 6) is 1.45. The monoisotopic (exact) mass is 624 g/mol. The fraction of sp³-hybridized carbons (Fsp3) is 0.560. The number of nitrogens with zero attached hydrogens (tertiary/aromatic N) is 4. The molecule has 5 N–H and O–H groups in total.